The maximum absolute atomic E-state index is 10.8. The number of nitro groups is 1. The molecule has 0 amide bonds. The minimum atomic E-state index is -0.383. The number of aromatic nitrogens is 3. The van der Waals surface area contributed by atoms with Crippen molar-refractivity contribution in [3.05, 3.63) is 76.2 Å². The zero-order valence-electron chi connectivity index (χ0n) is 14.2. The van der Waals surface area contributed by atoms with Gasteiger partial charge >= 0.3 is 0 Å². The quantitative estimate of drug-likeness (QED) is 0.532. The summed E-state index contributed by atoms with van der Waals surface area (Å²) in [4.78, 5) is 26.2. The van der Waals surface area contributed by atoms with Crippen LogP contribution in [0.15, 0.2) is 54.9 Å². The first kappa shape index (κ1) is 16.1. The Morgan fingerprint density at radius 2 is 1.96 bits per heavy atom. The fraction of sp³-hybridized carbons (Fsp3) is 0.211. The number of hydrogen-bond acceptors (Lipinski definition) is 6. The maximum Gasteiger partial charge on any atom is 0.269 e. The molecule has 0 bridgehead atoms. The van der Waals surface area contributed by atoms with Gasteiger partial charge in [0.15, 0.2) is 5.82 Å². The van der Waals surface area contributed by atoms with E-state index in [0.29, 0.717) is 5.82 Å². The molecule has 1 aliphatic heterocycles. The zero-order chi connectivity index (χ0) is 18.1. The van der Waals surface area contributed by atoms with Gasteiger partial charge in [-0.05, 0) is 31.2 Å². The van der Waals surface area contributed by atoms with E-state index in [-0.39, 0.29) is 16.7 Å². The Morgan fingerprint density at radius 3 is 2.65 bits per heavy atom. The highest BCUT2D eigenvalue weighted by atomic mass is 16.6. The Labute approximate surface area is 150 Å². The molecule has 0 saturated heterocycles. The summed E-state index contributed by atoms with van der Waals surface area (Å²) < 4.78 is 0. The molecule has 1 atom stereocenters. The Hall–Kier alpha value is -3.35. The lowest BCUT2D eigenvalue weighted by Crippen LogP contribution is -2.34. The molecule has 1 aromatic carbocycles. The number of pyridine rings is 1. The van der Waals surface area contributed by atoms with Crippen LogP contribution in [-0.2, 0) is 6.42 Å². The van der Waals surface area contributed by atoms with Crippen molar-refractivity contribution in [1.82, 2.24) is 15.0 Å². The van der Waals surface area contributed by atoms with Crippen LogP contribution in [0.5, 0.6) is 0 Å². The second-order valence-electron chi connectivity index (χ2n) is 6.20. The minimum Gasteiger partial charge on any atom is -0.364 e. The van der Waals surface area contributed by atoms with E-state index in [4.69, 9.17) is 4.98 Å². The fourth-order valence-electron chi connectivity index (χ4n) is 3.30. The van der Waals surface area contributed by atoms with Gasteiger partial charge in [0.25, 0.3) is 5.69 Å². The molecule has 7 nitrogen and oxygen atoms in total. The van der Waals surface area contributed by atoms with Crippen LogP contribution >= 0.6 is 0 Å². The van der Waals surface area contributed by atoms with Gasteiger partial charge in [0.05, 0.1) is 16.7 Å². The van der Waals surface area contributed by atoms with E-state index in [1.54, 1.807) is 18.3 Å². The highest BCUT2D eigenvalue weighted by molar-refractivity contribution is 5.55. The Morgan fingerprint density at radius 1 is 1.15 bits per heavy atom. The van der Waals surface area contributed by atoms with E-state index in [1.807, 2.05) is 24.4 Å². The predicted molar refractivity (Wildman–Crippen MR) is 97.8 cm³/mol. The van der Waals surface area contributed by atoms with Gasteiger partial charge in [0.1, 0.15) is 5.69 Å². The first-order valence-electron chi connectivity index (χ1n) is 8.42. The summed E-state index contributed by atoms with van der Waals surface area (Å²) in [7, 11) is 0. The number of non-ortho nitro benzene ring substituents is 1. The standard InChI is InChI=1S/C19H17N5O2/c1-13-16-12-21-19(18-4-2-3-10-20-18)22-17(16)9-11-23(13)14-5-7-15(8-6-14)24(25)26/h2-8,10,12-13H,9,11H2,1H3/t13-/m0/s1. The number of nitro benzene ring substituents is 1. The summed E-state index contributed by atoms with van der Waals surface area (Å²) in [5, 5.41) is 10.8. The molecule has 7 heteroatoms. The van der Waals surface area contributed by atoms with Crippen LogP contribution in [0.25, 0.3) is 11.5 Å². The maximum atomic E-state index is 10.8. The number of nitrogens with zero attached hydrogens (tertiary/aromatic N) is 5. The van der Waals surface area contributed by atoms with E-state index in [0.717, 1.165) is 35.6 Å². The molecule has 0 fully saturated rings. The molecule has 0 spiro atoms. The van der Waals surface area contributed by atoms with Gasteiger partial charge in [-0.3, -0.25) is 15.1 Å². The van der Waals surface area contributed by atoms with Gasteiger partial charge in [0.2, 0.25) is 0 Å². The van der Waals surface area contributed by atoms with Gasteiger partial charge < -0.3 is 4.90 Å². The lowest BCUT2D eigenvalue weighted by Gasteiger charge is -2.36. The van der Waals surface area contributed by atoms with Crippen LogP contribution in [0, 0.1) is 10.1 Å². The van der Waals surface area contributed by atoms with Gasteiger partial charge in [-0.1, -0.05) is 6.07 Å². The van der Waals surface area contributed by atoms with Crippen LogP contribution in [0.1, 0.15) is 24.2 Å². The number of benzene rings is 1. The van der Waals surface area contributed by atoms with E-state index in [1.165, 1.54) is 12.1 Å². The molecular formula is C19H17N5O2. The summed E-state index contributed by atoms with van der Waals surface area (Å²) in [6.07, 6.45) is 4.39. The molecule has 3 aromatic rings. The van der Waals surface area contributed by atoms with Crippen molar-refractivity contribution in [3.8, 4) is 11.5 Å². The average Bonchev–Trinajstić information content (AvgIpc) is 2.69. The molecule has 0 N–H and O–H groups in total. The lowest BCUT2D eigenvalue weighted by atomic mass is 9.98. The normalized spacial score (nSPS) is 16.2. The number of anilines is 1. The molecule has 0 aliphatic carbocycles. The number of hydrogen-bond donors (Lipinski definition) is 0. The molecule has 26 heavy (non-hydrogen) atoms. The topological polar surface area (TPSA) is 85.0 Å². The summed E-state index contributed by atoms with van der Waals surface area (Å²) in [6.45, 7) is 2.90. The third-order valence-corrected chi connectivity index (χ3v) is 4.69. The van der Waals surface area contributed by atoms with E-state index < -0.39 is 0 Å². The lowest BCUT2D eigenvalue weighted by molar-refractivity contribution is -0.384. The Kier molecular flexibility index (Phi) is 4.04. The average molecular weight is 347 g/mol. The van der Waals surface area contributed by atoms with Crippen molar-refractivity contribution in [2.45, 2.75) is 19.4 Å². The molecule has 130 valence electrons. The minimum absolute atomic E-state index is 0.0954. The summed E-state index contributed by atoms with van der Waals surface area (Å²) in [6, 6.07) is 12.5. The molecule has 0 saturated carbocycles. The predicted octanol–water partition coefficient (Wildman–Crippen LogP) is 3.57. The smallest absolute Gasteiger partial charge is 0.269 e. The molecule has 3 heterocycles. The van der Waals surface area contributed by atoms with Crippen LogP contribution in [0.4, 0.5) is 11.4 Å². The van der Waals surface area contributed by atoms with E-state index in [2.05, 4.69) is 21.8 Å². The second-order valence-corrected chi connectivity index (χ2v) is 6.20. The van der Waals surface area contributed by atoms with Crippen LogP contribution in [0.2, 0.25) is 0 Å². The number of rotatable bonds is 3. The number of fused-ring (bicyclic) bond motifs is 1. The molecule has 4 rings (SSSR count). The largest absolute Gasteiger partial charge is 0.364 e. The third-order valence-electron chi connectivity index (χ3n) is 4.69. The molecule has 1 aliphatic rings. The highest BCUT2D eigenvalue weighted by Crippen LogP contribution is 2.33. The van der Waals surface area contributed by atoms with Crippen molar-refractivity contribution >= 4 is 11.4 Å². The van der Waals surface area contributed by atoms with Crippen molar-refractivity contribution < 1.29 is 4.92 Å². The van der Waals surface area contributed by atoms with E-state index in [9.17, 15) is 10.1 Å². The monoisotopic (exact) mass is 347 g/mol. The van der Waals surface area contributed by atoms with Gasteiger partial charge in [-0.25, -0.2) is 9.97 Å². The summed E-state index contributed by atoms with van der Waals surface area (Å²) >= 11 is 0. The Bertz CT molecular complexity index is 944. The Balaban J connectivity index is 1.62. The van der Waals surface area contributed by atoms with Gasteiger partial charge in [0, 0.05) is 48.7 Å². The highest BCUT2D eigenvalue weighted by Gasteiger charge is 2.26. The van der Waals surface area contributed by atoms with Crippen LogP contribution < -0.4 is 4.90 Å². The van der Waals surface area contributed by atoms with Crippen LogP contribution in [-0.4, -0.2) is 26.4 Å². The van der Waals surface area contributed by atoms with Crippen molar-refractivity contribution in [3.63, 3.8) is 0 Å². The van der Waals surface area contributed by atoms with E-state index >= 15 is 0 Å². The molecule has 0 radical (unpaired) electrons. The van der Waals surface area contributed by atoms with Crippen molar-refractivity contribution in [2.75, 3.05) is 11.4 Å². The summed E-state index contributed by atoms with van der Waals surface area (Å²) in [5.74, 6) is 0.639. The fourth-order valence-corrected chi connectivity index (χ4v) is 3.30. The van der Waals surface area contributed by atoms with Crippen LogP contribution in [0.3, 0.4) is 0 Å². The van der Waals surface area contributed by atoms with Crippen molar-refractivity contribution in [2.24, 2.45) is 0 Å². The first-order valence-corrected chi connectivity index (χ1v) is 8.42. The SMILES string of the molecule is C[C@H]1c2cnc(-c3ccccn3)nc2CCN1c1ccc([N+](=O)[O-])cc1. The van der Waals surface area contributed by atoms with Gasteiger partial charge in [-0.15, -0.1) is 0 Å². The molecular weight excluding hydrogens is 330 g/mol. The third kappa shape index (κ3) is 2.88. The molecule has 2 aromatic heterocycles. The van der Waals surface area contributed by atoms with Gasteiger partial charge in [-0.2, -0.15) is 0 Å². The van der Waals surface area contributed by atoms with Crippen molar-refractivity contribution in [1.29, 1.82) is 0 Å². The molecule has 0 unspecified atom stereocenters. The first-order chi connectivity index (χ1) is 12.6. The zero-order valence-corrected chi connectivity index (χ0v) is 14.2. The summed E-state index contributed by atoms with van der Waals surface area (Å²) in [5.41, 5.74) is 3.94. The second kappa shape index (κ2) is 6.51.